The second kappa shape index (κ2) is 6.35. The number of esters is 1. The van der Waals surface area contributed by atoms with Crippen LogP contribution in [0.2, 0.25) is 5.02 Å². The highest BCUT2D eigenvalue weighted by Crippen LogP contribution is 2.30. The van der Waals surface area contributed by atoms with Gasteiger partial charge in [0.1, 0.15) is 5.02 Å². The number of carbonyl (C=O) groups is 1. The number of ether oxygens (including phenoxy) is 1. The number of benzene rings is 1. The molecule has 1 aromatic rings. The van der Waals surface area contributed by atoms with Crippen LogP contribution < -0.4 is 0 Å². The van der Waals surface area contributed by atoms with Crippen LogP contribution in [0.5, 0.6) is 0 Å². The zero-order valence-electron chi connectivity index (χ0n) is 10.2. The van der Waals surface area contributed by atoms with Gasteiger partial charge in [-0.15, -0.1) is 0 Å². The van der Waals surface area contributed by atoms with Crippen LogP contribution in [-0.2, 0) is 11.2 Å². The molecule has 0 amide bonds. The Bertz CT molecular complexity index is 473. The van der Waals surface area contributed by atoms with E-state index in [1.54, 1.807) is 0 Å². The SMILES string of the molecule is CCCOC(=O)c1cc(CC)c(Cl)c([N+](=O)[O-])c1. The van der Waals surface area contributed by atoms with E-state index in [1.807, 2.05) is 13.8 Å². The average Bonchev–Trinajstić information content (AvgIpc) is 2.35. The van der Waals surface area contributed by atoms with Gasteiger partial charge in [0, 0.05) is 6.07 Å². The molecule has 0 aliphatic rings. The average molecular weight is 272 g/mol. The van der Waals surface area contributed by atoms with Crippen molar-refractivity contribution in [2.75, 3.05) is 6.61 Å². The fourth-order valence-electron chi connectivity index (χ4n) is 1.45. The Morgan fingerprint density at radius 1 is 1.44 bits per heavy atom. The molecular formula is C12H14ClNO4. The summed E-state index contributed by atoms with van der Waals surface area (Å²) in [6, 6.07) is 2.69. The number of rotatable bonds is 5. The summed E-state index contributed by atoms with van der Waals surface area (Å²) in [4.78, 5) is 21.9. The Labute approximate surface area is 110 Å². The molecule has 0 atom stereocenters. The van der Waals surface area contributed by atoms with Crippen molar-refractivity contribution >= 4 is 23.3 Å². The van der Waals surface area contributed by atoms with Gasteiger partial charge in [-0.1, -0.05) is 25.4 Å². The summed E-state index contributed by atoms with van der Waals surface area (Å²) in [7, 11) is 0. The van der Waals surface area contributed by atoms with E-state index in [-0.39, 0.29) is 22.9 Å². The number of halogens is 1. The number of carbonyl (C=O) groups excluding carboxylic acids is 1. The number of nitro groups is 1. The van der Waals surface area contributed by atoms with Gasteiger partial charge < -0.3 is 4.74 Å². The normalized spacial score (nSPS) is 10.2. The van der Waals surface area contributed by atoms with Crippen molar-refractivity contribution in [3.8, 4) is 0 Å². The highest BCUT2D eigenvalue weighted by molar-refractivity contribution is 6.33. The molecule has 0 bridgehead atoms. The second-order valence-electron chi connectivity index (χ2n) is 3.72. The highest BCUT2D eigenvalue weighted by atomic mass is 35.5. The topological polar surface area (TPSA) is 69.4 Å². The third-order valence-corrected chi connectivity index (χ3v) is 2.82. The summed E-state index contributed by atoms with van der Waals surface area (Å²) in [6.45, 7) is 3.97. The van der Waals surface area contributed by atoms with E-state index in [4.69, 9.17) is 16.3 Å². The summed E-state index contributed by atoms with van der Waals surface area (Å²) in [5, 5.41) is 10.9. The lowest BCUT2D eigenvalue weighted by Gasteiger charge is -2.07. The van der Waals surface area contributed by atoms with Crippen LogP contribution in [0.15, 0.2) is 12.1 Å². The van der Waals surface area contributed by atoms with Crippen LogP contribution in [0.1, 0.15) is 36.2 Å². The molecule has 0 aliphatic carbocycles. The third kappa shape index (κ3) is 3.20. The fraction of sp³-hybridized carbons (Fsp3) is 0.417. The minimum Gasteiger partial charge on any atom is -0.462 e. The largest absolute Gasteiger partial charge is 0.462 e. The quantitative estimate of drug-likeness (QED) is 0.468. The van der Waals surface area contributed by atoms with E-state index < -0.39 is 10.9 Å². The first-order valence-electron chi connectivity index (χ1n) is 5.65. The van der Waals surface area contributed by atoms with E-state index in [1.165, 1.54) is 6.07 Å². The fourth-order valence-corrected chi connectivity index (χ4v) is 1.77. The van der Waals surface area contributed by atoms with E-state index in [0.29, 0.717) is 18.4 Å². The molecule has 0 fully saturated rings. The standard InChI is InChI=1S/C12H14ClNO4/c1-3-5-18-12(15)9-6-8(4-2)11(13)10(7-9)14(16)17/h6-7H,3-5H2,1-2H3. The van der Waals surface area contributed by atoms with E-state index >= 15 is 0 Å². The Morgan fingerprint density at radius 3 is 2.61 bits per heavy atom. The molecule has 0 unspecified atom stereocenters. The Balaban J connectivity index is 3.17. The zero-order valence-corrected chi connectivity index (χ0v) is 11.0. The van der Waals surface area contributed by atoms with Crippen LogP contribution in [0, 0.1) is 10.1 Å². The molecular weight excluding hydrogens is 258 g/mol. The maximum absolute atomic E-state index is 11.7. The lowest BCUT2D eigenvalue weighted by atomic mass is 10.1. The molecule has 6 heteroatoms. The lowest BCUT2D eigenvalue weighted by molar-refractivity contribution is -0.384. The Morgan fingerprint density at radius 2 is 2.11 bits per heavy atom. The molecule has 0 spiro atoms. The molecule has 18 heavy (non-hydrogen) atoms. The number of hydrogen-bond donors (Lipinski definition) is 0. The van der Waals surface area contributed by atoms with Gasteiger partial charge >= 0.3 is 5.97 Å². The van der Waals surface area contributed by atoms with Crippen LogP contribution in [0.25, 0.3) is 0 Å². The van der Waals surface area contributed by atoms with Crippen molar-refractivity contribution < 1.29 is 14.5 Å². The number of nitro benzene ring substituents is 1. The summed E-state index contributed by atoms with van der Waals surface area (Å²) >= 11 is 5.89. The van der Waals surface area contributed by atoms with Crippen molar-refractivity contribution in [3.05, 3.63) is 38.4 Å². The molecule has 0 radical (unpaired) electrons. The maximum atomic E-state index is 11.7. The molecule has 98 valence electrons. The number of aryl methyl sites for hydroxylation is 1. The first-order chi connectivity index (χ1) is 8.51. The lowest BCUT2D eigenvalue weighted by Crippen LogP contribution is -2.07. The van der Waals surface area contributed by atoms with Gasteiger partial charge in [-0.2, -0.15) is 0 Å². The molecule has 0 saturated carbocycles. The first kappa shape index (κ1) is 14.4. The van der Waals surface area contributed by atoms with Gasteiger partial charge in [-0.25, -0.2) is 4.79 Å². The van der Waals surface area contributed by atoms with Crippen molar-refractivity contribution in [2.45, 2.75) is 26.7 Å². The Kier molecular flexibility index (Phi) is 5.09. The third-order valence-electron chi connectivity index (χ3n) is 2.38. The predicted molar refractivity (Wildman–Crippen MR) is 68.1 cm³/mol. The smallest absolute Gasteiger partial charge is 0.338 e. The van der Waals surface area contributed by atoms with Crippen molar-refractivity contribution in [1.29, 1.82) is 0 Å². The molecule has 0 saturated heterocycles. The van der Waals surface area contributed by atoms with Crippen molar-refractivity contribution in [1.82, 2.24) is 0 Å². The molecule has 5 nitrogen and oxygen atoms in total. The summed E-state index contributed by atoms with van der Waals surface area (Å²) in [6.07, 6.45) is 1.20. The molecule has 0 N–H and O–H groups in total. The predicted octanol–water partition coefficient (Wildman–Crippen LogP) is 3.38. The number of hydrogen-bond acceptors (Lipinski definition) is 4. The van der Waals surface area contributed by atoms with Gasteiger partial charge in [-0.3, -0.25) is 10.1 Å². The Hall–Kier alpha value is -1.62. The monoisotopic (exact) mass is 271 g/mol. The molecule has 1 rings (SSSR count). The van der Waals surface area contributed by atoms with Gasteiger partial charge in [0.05, 0.1) is 17.1 Å². The van der Waals surface area contributed by atoms with E-state index in [0.717, 1.165) is 6.07 Å². The van der Waals surface area contributed by atoms with Crippen molar-refractivity contribution in [2.24, 2.45) is 0 Å². The summed E-state index contributed by atoms with van der Waals surface area (Å²) in [5.41, 5.74) is 0.463. The zero-order chi connectivity index (χ0) is 13.7. The van der Waals surface area contributed by atoms with Crippen molar-refractivity contribution in [3.63, 3.8) is 0 Å². The molecule has 0 heterocycles. The minimum atomic E-state index is -0.599. The second-order valence-corrected chi connectivity index (χ2v) is 4.09. The summed E-state index contributed by atoms with van der Waals surface area (Å²) < 4.78 is 4.95. The van der Waals surface area contributed by atoms with E-state index in [9.17, 15) is 14.9 Å². The first-order valence-corrected chi connectivity index (χ1v) is 6.03. The van der Waals surface area contributed by atoms with Gasteiger partial charge in [-0.05, 0) is 24.5 Å². The number of nitrogens with zero attached hydrogens (tertiary/aromatic N) is 1. The maximum Gasteiger partial charge on any atom is 0.338 e. The summed E-state index contributed by atoms with van der Waals surface area (Å²) in [5.74, 6) is -0.564. The van der Waals surface area contributed by atoms with Crippen LogP contribution in [0.3, 0.4) is 0 Å². The van der Waals surface area contributed by atoms with Gasteiger partial charge in [0.25, 0.3) is 5.69 Å². The van der Waals surface area contributed by atoms with Crippen LogP contribution in [-0.4, -0.2) is 17.5 Å². The van der Waals surface area contributed by atoms with Crippen LogP contribution >= 0.6 is 11.6 Å². The van der Waals surface area contributed by atoms with Crippen LogP contribution in [0.4, 0.5) is 5.69 Å². The molecule has 1 aromatic carbocycles. The van der Waals surface area contributed by atoms with E-state index in [2.05, 4.69) is 0 Å². The minimum absolute atomic E-state index is 0.0783. The highest BCUT2D eigenvalue weighted by Gasteiger charge is 2.20. The molecule has 0 aromatic heterocycles. The molecule has 0 aliphatic heterocycles. The van der Waals surface area contributed by atoms with Gasteiger partial charge in [0.15, 0.2) is 0 Å². The van der Waals surface area contributed by atoms with Gasteiger partial charge in [0.2, 0.25) is 0 Å².